The van der Waals surface area contributed by atoms with Crippen molar-refractivity contribution in [3.8, 4) is 0 Å². The fourth-order valence-electron chi connectivity index (χ4n) is 11.0. The highest BCUT2D eigenvalue weighted by molar-refractivity contribution is 5.67. The van der Waals surface area contributed by atoms with Crippen molar-refractivity contribution in [2.24, 2.45) is 52.3 Å². The Morgan fingerprint density at radius 3 is 2.12 bits per heavy atom. The summed E-state index contributed by atoms with van der Waals surface area (Å²) in [6.07, 6.45) is 15.8. The summed E-state index contributed by atoms with van der Waals surface area (Å²) in [4.78, 5) is 12.7. The molecule has 2 N–H and O–H groups in total. The van der Waals surface area contributed by atoms with Crippen LogP contribution in [0.2, 0.25) is 0 Å². The van der Waals surface area contributed by atoms with Gasteiger partial charge in [0.1, 0.15) is 12.2 Å². The Balaban J connectivity index is 1.04. The maximum absolute atomic E-state index is 12.7. The number of hydrogen-bond acceptors (Lipinski definition) is 8. The first-order valence-electron chi connectivity index (χ1n) is 20.5. The number of ether oxygens (including phenoxy) is 6. The lowest BCUT2D eigenvalue weighted by Crippen LogP contribution is -2.54. The number of carbonyl (C=O) groups excluding carboxylic acids is 1. The van der Waals surface area contributed by atoms with Gasteiger partial charge in [-0.05, 0) is 116 Å². The number of nitrogens with one attached hydrogen (secondary N) is 1. The van der Waals surface area contributed by atoms with Crippen molar-refractivity contribution >= 4 is 6.09 Å². The van der Waals surface area contributed by atoms with Gasteiger partial charge in [-0.15, -0.1) is 0 Å². The zero-order valence-electron chi connectivity index (χ0n) is 32.8. The number of rotatable bonds is 23. The predicted octanol–water partition coefficient (Wildman–Crippen LogP) is 7.67. The summed E-state index contributed by atoms with van der Waals surface area (Å²) >= 11 is 0. The van der Waals surface area contributed by atoms with Crippen molar-refractivity contribution in [1.29, 1.82) is 0 Å². The van der Waals surface area contributed by atoms with Gasteiger partial charge < -0.3 is 38.8 Å². The topological polar surface area (TPSA) is 105 Å². The second-order valence-electron chi connectivity index (χ2n) is 17.3. The molecule has 9 heteroatoms. The Labute approximate surface area is 305 Å². The highest BCUT2D eigenvalue weighted by Crippen LogP contribution is 2.68. The van der Waals surface area contributed by atoms with Crippen LogP contribution in [-0.2, 0) is 28.4 Å². The molecular weight excluding hydrogens is 634 g/mol. The number of carbonyl (C=O) groups is 1. The molecular formula is C41H75NO8. The van der Waals surface area contributed by atoms with E-state index < -0.39 is 6.10 Å². The number of alkyl carbamates (subject to hydrolysis) is 1. The fourth-order valence-corrected chi connectivity index (χ4v) is 11.0. The third kappa shape index (κ3) is 11.8. The Morgan fingerprint density at radius 1 is 0.760 bits per heavy atom. The van der Waals surface area contributed by atoms with Gasteiger partial charge in [0.05, 0.1) is 52.9 Å². The van der Waals surface area contributed by atoms with E-state index in [0.717, 1.165) is 54.8 Å². The van der Waals surface area contributed by atoms with E-state index in [4.69, 9.17) is 28.4 Å². The minimum atomic E-state index is -0.608. The maximum Gasteiger partial charge on any atom is 0.407 e. The molecule has 50 heavy (non-hydrogen) atoms. The number of hydrogen-bond donors (Lipinski definition) is 2. The monoisotopic (exact) mass is 710 g/mol. The maximum atomic E-state index is 12.7. The van der Waals surface area contributed by atoms with Gasteiger partial charge >= 0.3 is 6.09 Å². The summed E-state index contributed by atoms with van der Waals surface area (Å²) < 4.78 is 32.8. The Kier molecular flexibility index (Phi) is 17.6. The SMILES string of the molecule is COCC(O)COCCOCCOCCOCCCNC(=O)O[C@H]1CC[C@@]2(C)C(CCC3C2CC[C@@]2(C)C3CCC2[C@@H](C)CCCC(C)C)C1. The van der Waals surface area contributed by atoms with Crippen LogP contribution in [0.4, 0.5) is 4.79 Å². The van der Waals surface area contributed by atoms with Crippen LogP contribution in [0.15, 0.2) is 0 Å². The van der Waals surface area contributed by atoms with Crippen LogP contribution < -0.4 is 5.32 Å². The minimum Gasteiger partial charge on any atom is -0.446 e. The molecule has 0 saturated heterocycles. The van der Waals surface area contributed by atoms with Gasteiger partial charge in [-0.1, -0.05) is 53.9 Å². The molecule has 0 aromatic rings. The first-order chi connectivity index (χ1) is 24.1. The molecule has 6 unspecified atom stereocenters. The zero-order chi connectivity index (χ0) is 36.0. The summed E-state index contributed by atoms with van der Waals surface area (Å²) in [5, 5.41) is 12.5. The third-order valence-corrected chi connectivity index (χ3v) is 13.6. The number of aliphatic hydroxyl groups is 1. The van der Waals surface area contributed by atoms with Crippen molar-refractivity contribution in [2.45, 2.75) is 130 Å². The molecule has 4 aliphatic carbocycles. The minimum absolute atomic E-state index is 0.0414. The van der Waals surface area contributed by atoms with Crippen LogP contribution in [0.3, 0.4) is 0 Å². The highest BCUT2D eigenvalue weighted by atomic mass is 16.6. The average molecular weight is 710 g/mol. The van der Waals surface area contributed by atoms with Crippen LogP contribution in [0.1, 0.15) is 118 Å². The molecule has 0 aromatic carbocycles. The molecule has 4 saturated carbocycles. The first kappa shape index (κ1) is 41.8. The predicted molar refractivity (Wildman–Crippen MR) is 197 cm³/mol. The Morgan fingerprint density at radius 2 is 1.42 bits per heavy atom. The van der Waals surface area contributed by atoms with Crippen LogP contribution in [0.25, 0.3) is 0 Å². The molecule has 0 bridgehead atoms. The second-order valence-corrected chi connectivity index (χ2v) is 17.3. The summed E-state index contributed by atoms with van der Waals surface area (Å²) in [5.74, 6) is 5.94. The molecule has 0 aromatic heterocycles. The van der Waals surface area contributed by atoms with Crippen molar-refractivity contribution in [3.63, 3.8) is 0 Å². The number of amides is 1. The summed E-state index contributed by atoms with van der Waals surface area (Å²) in [7, 11) is 1.55. The molecule has 0 radical (unpaired) electrons. The Hall–Kier alpha value is -0.970. The molecule has 10 atom stereocenters. The fraction of sp³-hybridized carbons (Fsp3) is 0.976. The summed E-state index contributed by atoms with van der Waals surface area (Å²) in [6, 6.07) is 0. The molecule has 0 aliphatic heterocycles. The van der Waals surface area contributed by atoms with E-state index in [1.807, 2.05) is 0 Å². The second kappa shape index (κ2) is 21.1. The quantitative estimate of drug-likeness (QED) is 0.104. The van der Waals surface area contributed by atoms with Crippen LogP contribution in [-0.4, -0.2) is 96.5 Å². The lowest BCUT2D eigenvalue weighted by molar-refractivity contribution is -0.129. The molecule has 4 fully saturated rings. The van der Waals surface area contributed by atoms with Gasteiger partial charge in [0.25, 0.3) is 0 Å². The number of aliphatic hydroxyl groups excluding tert-OH is 1. The summed E-state index contributed by atoms with van der Waals surface area (Å²) in [6.45, 7) is 17.1. The van der Waals surface area contributed by atoms with Gasteiger partial charge in [0, 0.05) is 20.3 Å². The van der Waals surface area contributed by atoms with Crippen molar-refractivity contribution in [1.82, 2.24) is 5.32 Å². The Bertz CT molecular complexity index is 967. The van der Waals surface area contributed by atoms with Gasteiger partial charge in [-0.2, -0.15) is 0 Å². The molecule has 292 valence electrons. The van der Waals surface area contributed by atoms with Gasteiger partial charge in [-0.3, -0.25) is 0 Å². The van der Waals surface area contributed by atoms with Gasteiger partial charge in [0.2, 0.25) is 0 Å². The van der Waals surface area contributed by atoms with E-state index >= 15 is 0 Å². The van der Waals surface area contributed by atoms with E-state index in [9.17, 15) is 9.90 Å². The van der Waals surface area contributed by atoms with Crippen LogP contribution in [0, 0.1) is 52.3 Å². The van der Waals surface area contributed by atoms with E-state index in [1.165, 1.54) is 64.2 Å². The average Bonchev–Trinajstić information content (AvgIpc) is 3.44. The molecule has 1 amide bonds. The smallest absolute Gasteiger partial charge is 0.407 e. The normalized spacial score (nSPS) is 33.4. The third-order valence-electron chi connectivity index (χ3n) is 13.6. The first-order valence-corrected chi connectivity index (χ1v) is 20.5. The van der Waals surface area contributed by atoms with E-state index in [-0.39, 0.29) is 25.4 Å². The van der Waals surface area contributed by atoms with E-state index in [0.29, 0.717) is 69.5 Å². The summed E-state index contributed by atoms with van der Waals surface area (Å²) in [5.41, 5.74) is 0.947. The molecule has 9 nitrogen and oxygen atoms in total. The molecule has 0 spiro atoms. The van der Waals surface area contributed by atoms with Gasteiger partial charge in [0.15, 0.2) is 0 Å². The van der Waals surface area contributed by atoms with E-state index in [1.54, 1.807) is 7.11 Å². The van der Waals surface area contributed by atoms with Gasteiger partial charge in [-0.25, -0.2) is 4.79 Å². The number of fused-ring (bicyclic) bond motifs is 5. The standard InChI is InChI=1S/C41H75NO8/c1-30(2)9-7-10-31(3)36-13-14-37-35-12-11-32-27-34(15-17-40(32,4)38(35)16-18-41(36,37)5)50-39(44)42-19-8-20-46-21-22-47-23-24-48-25-26-49-29-33(43)28-45-6/h30-38,43H,7-29H2,1-6H3,(H,42,44)/t31-,32?,33?,34-,35?,36?,37?,38?,40-,41+/m0/s1. The lowest BCUT2D eigenvalue weighted by Gasteiger charge is -2.61. The van der Waals surface area contributed by atoms with Crippen molar-refractivity contribution in [3.05, 3.63) is 0 Å². The van der Waals surface area contributed by atoms with Crippen molar-refractivity contribution < 1.29 is 38.3 Å². The van der Waals surface area contributed by atoms with Crippen LogP contribution >= 0.6 is 0 Å². The largest absolute Gasteiger partial charge is 0.446 e. The zero-order valence-corrected chi connectivity index (χ0v) is 32.8. The molecule has 4 aliphatic rings. The lowest BCUT2D eigenvalue weighted by atomic mass is 9.44. The highest BCUT2D eigenvalue weighted by Gasteiger charge is 2.60. The van der Waals surface area contributed by atoms with E-state index in [2.05, 4.69) is 39.9 Å². The van der Waals surface area contributed by atoms with Crippen LogP contribution in [0.5, 0.6) is 0 Å². The number of methoxy groups -OCH3 is 1. The molecule has 4 rings (SSSR count). The van der Waals surface area contributed by atoms with Crippen molar-refractivity contribution in [2.75, 3.05) is 73.1 Å². The molecule has 0 heterocycles.